The van der Waals surface area contributed by atoms with Crippen LogP contribution < -0.4 is 4.74 Å². The van der Waals surface area contributed by atoms with E-state index in [1.165, 1.54) is 18.4 Å². The van der Waals surface area contributed by atoms with Crippen molar-refractivity contribution in [2.24, 2.45) is 5.92 Å². The number of methoxy groups -OCH3 is 1. The lowest BCUT2D eigenvalue weighted by Crippen LogP contribution is -2.40. The Morgan fingerprint density at radius 3 is 2.44 bits per heavy atom. The fraction of sp³-hybridized carbons (Fsp3) is 0.409. The number of rotatable bonds is 7. The van der Waals surface area contributed by atoms with E-state index in [2.05, 4.69) is 30.9 Å². The zero-order valence-electron chi connectivity index (χ0n) is 15.4. The first-order valence-corrected chi connectivity index (χ1v) is 9.05. The van der Waals surface area contributed by atoms with Crippen LogP contribution in [0.15, 0.2) is 48.5 Å². The Bertz CT molecular complexity index is 719. The van der Waals surface area contributed by atoms with Gasteiger partial charge >= 0.3 is 0 Å². The summed E-state index contributed by atoms with van der Waals surface area (Å²) in [6.45, 7) is 4.92. The monoisotopic (exact) mass is 337 g/mol. The van der Waals surface area contributed by atoms with Crippen molar-refractivity contribution in [3.05, 3.63) is 65.2 Å². The predicted molar refractivity (Wildman–Crippen MR) is 101 cm³/mol. The van der Waals surface area contributed by atoms with Gasteiger partial charge in [0.1, 0.15) is 5.75 Å². The lowest BCUT2D eigenvalue weighted by Gasteiger charge is -2.30. The average molecular weight is 337 g/mol. The van der Waals surface area contributed by atoms with E-state index in [9.17, 15) is 4.79 Å². The quantitative estimate of drug-likeness (QED) is 0.751. The molecular weight excluding hydrogens is 310 g/mol. The van der Waals surface area contributed by atoms with Gasteiger partial charge in [0.2, 0.25) is 5.91 Å². The molecule has 1 atom stereocenters. The molecule has 1 saturated carbocycles. The molecule has 2 aromatic carbocycles. The molecular formula is C22H27NO2. The molecule has 3 heteroatoms. The minimum Gasteiger partial charge on any atom is -0.497 e. The number of carbonyl (C=O) groups is 1. The second kappa shape index (κ2) is 7.73. The largest absolute Gasteiger partial charge is 0.497 e. The van der Waals surface area contributed by atoms with Crippen molar-refractivity contribution in [1.82, 2.24) is 4.90 Å². The Hall–Kier alpha value is -2.29. The maximum Gasteiger partial charge on any atom is 0.227 e. The molecule has 3 nitrogen and oxygen atoms in total. The minimum atomic E-state index is 0.213. The van der Waals surface area contributed by atoms with Crippen LogP contribution in [0.1, 0.15) is 36.5 Å². The van der Waals surface area contributed by atoms with Crippen LogP contribution in [-0.2, 0) is 17.8 Å². The van der Waals surface area contributed by atoms with Crippen LogP contribution in [0.2, 0.25) is 0 Å². The molecule has 3 rings (SSSR count). The normalized spacial score (nSPS) is 14.8. The summed E-state index contributed by atoms with van der Waals surface area (Å²) in [6, 6.07) is 16.5. The van der Waals surface area contributed by atoms with Crippen LogP contribution in [0.4, 0.5) is 0 Å². The third kappa shape index (κ3) is 4.41. The number of amides is 1. The molecule has 1 aliphatic carbocycles. The smallest absolute Gasteiger partial charge is 0.227 e. The van der Waals surface area contributed by atoms with E-state index in [1.54, 1.807) is 7.11 Å². The summed E-state index contributed by atoms with van der Waals surface area (Å²) in [5.74, 6) is 1.71. The van der Waals surface area contributed by atoms with Gasteiger partial charge in [-0.1, -0.05) is 36.4 Å². The van der Waals surface area contributed by atoms with E-state index < -0.39 is 0 Å². The summed E-state index contributed by atoms with van der Waals surface area (Å²) in [6.07, 6.45) is 2.94. The van der Waals surface area contributed by atoms with Gasteiger partial charge in [0.15, 0.2) is 0 Å². The van der Waals surface area contributed by atoms with Crippen LogP contribution in [0, 0.1) is 12.8 Å². The lowest BCUT2D eigenvalue weighted by molar-refractivity contribution is -0.133. The maximum absolute atomic E-state index is 13.1. The average Bonchev–Trinajstić information content (AvgIpc) is 3.46. The SMILES string of the molecule is COc1ccc(CN(C(=O)Cc2ccccc2C)C(C)C2CC2)cc1. The lowest BCUT2D eigenvalue weighted by atomic mass is 10.0. The number of ether oxygens (including phenoxy) is 1. The van der Waals surface area contributed by atoms with Gasteiger partial charge in [-0.05, 0) is 61.4 Å². The molecule has 2 aromatic rings. The Labute approximate surface area is 150 Å². The fourth-order valence-corrected chi connectivity index (χ4v) is 3.29. The number of nitrogens with zero attached hydrogens (tertiary/aromatic N) is 1. The highest BCUT2D eigenvalue weighted by Gasteiger charge is 2.34. The van der Waals surface area contributed by atoms with Crippen molar-refractivity contribution in [1.29, 1.82) is 0 Å². The summed E-state index contributed by atoms with van der Waals surface area (Å²) in [5.41, 5.74) is 3.45. The van der Waals surface area contributed by atoms with Crippen molar-refractivity contribution in [2.75, 3.05) is 7.11 Å². The summed E-state index contributed by atoms with van der Waals surface area (Å²) >= 11 is 0. The van der Waals surface area contributed by atoms with Gasteiger partial charge in [0.05, 0.1) is 13.5 Å². The van der Waals surface area contributed by atoms with Gasteiger partial charge < -0.3 is 9.64 Å². The van der Waals surface area contributed by atoms with Crippen molar-refractivity contribution in [3.8, 4) is 5.75 Å². The molecule has 132 valence electrons. The first-order valence-electron chi connectivity index (χ1n) is 9.05. The molecule has 0 aliphatic heterocycles. The molecule has 0 bridgehead atoms. The van der Waals surface area contributed by atoms with Crippen molar-refractivity contribution < 1.29 is 9.53 Å². The van der Waals surface area contributed by atoms with E-state index in [0.717, 1.165) is 16.9 Å². The van der Waals surface area contributed by atoms with E-state index in [-0.39, 0.29) is 5.91 Å². The maximum atomic E-state index is 13.1. The van der Waals surface area contributed by atoms with Gasteiger partial charge in [0.25, 0.3) is 0 Å². The Morgan fingerprint density at radius 2 is 1.84 bits per heavy atom. The highest BCUT2D eigenvalue weighted by Crippen LogP contribution is 2.36. The Balaban J connectivity index is 1.76. The van der Waals surface area contributed by atoms with Gasteiger partial charge in [-0.3, -0.25) is 4.79 Å². The van der Waals surface area contributed by atoms with Crippen molar-refractivity contribution in [2.45, 2.75) is 45.7 Å². The molecule has 0 aromatic heterocycles. The summed E-state index contributed by atoms with van der Waals surface area (Å²) in [7, 11) is 1.67. The fourth-order valence-electron chi connectivity index (χ4n) is 3.29. The van der Waals surface area contributed by atoms with Crippen LogP contribution in [0.25, 0.3) is 0 Å². The molecule has 1 amide bonds. The van der Waals surface area contributed by atoms with E-state index >= 15 is 0 Å². The van der Waals surface area contributed by atoms with Gasteiger partial charge in [0, 0.05) is 12.6 Å². The summed E-state index contributed by atoms with van der Waals surface area (Å²) in [4.78, 5) is 15.1. The second-order valence-corrected chi connectivity index (χ2v) is 7.05. The molecule has 1 fully saturated rings. The standard InChI is InChI=1S/C22H27NO2/c1-16-6-4-5-7-20(16)14-22(24)23(17(2)19-10-11-19)15-18-8-12-21(25-3)13-9-18/h4-9,12-13,17,19H,10-11,14-15H2,1-3H3. The molecule has 1 unspecified atom stereocenters. The molecule has 0 saturated heterocycles. The first-order chi connectivity index (χ1) is 12.1. The van der Waals surface area contributed by atoms with Crippen molar-refractivity contribution >= 4 is 5.91 Å². The van der Waals surface area contributed by atoms with Gasteiger partial charge in [-0.25, -0.2) is 0 Å². The molecule has 1 aliphatic rings. The Kier molecular flexibility index (Phi) is 5.42. The molecule has 0 spiro atoms. The van der Waals surface area contributed by atoms with Crippen LogP contribution in [0.5, 0.6) is 5.75 Å². The minimum absolute atomic E-state index is 0.213. The van der Waals surface area contributed by atoms with E-state index in [1.807, 2.05) is 36.4 Å². The molecule has 0 heterocycles. The van der Waals surface area contributed by atoms with Crippen LogP contribution in [-0.4, -0.2) is 24.0 Å². The van der Waals surface area contributed by atoms with Gasteiger partial charge in [-0.2, -0.15) is 0 Å². The molecule has 0 N–H and O–H groups in total. The number of benzene rings is 2. The molecule has 25 heavy (non-hydrogen) atoms. The van der Waals surface area contributed by atoms with Gasteiger partial charge in [-0.15, -0.1) is 0 Å². The second-order valence-electron chi connectivity index (χ2n) is 7.05. The van der Waals surface area contributed by atoms with Crippen LogP contribution in [0.3, 0.4) is 0 Å². The van der Waals surface area contributed by atoms with E-state index in [4.69, 9.17) is 4.74 Å². The number of carbonyl (C=O) groups excluding carboxylic acids is 1. The van der Waals surface area contributed by atoms with Crippen LogP contribution >= 0.6 is 0 Å². The number of aryl methyl sites for hydroxylation is 1. The summed E-state index contributed by atoms with van der Waals surface area (Å²) in [5, 5.41) is 0. The highest BCUT2D eigenvalue weighted by molar-refractivity contribution is 5.79. The predicted octanol–water partition coefficient (Wildman–Crippen LogP) is 4.37. The number of hydrogen-bond donors (Lipinski definition) is 0. The third-order valence-electron chi connectivity index (χ3n) is 5.23. The Morgan fingerprint density at radius 1 is 1.16 bits per heavy atom. The topological polar surface area (TPSA) is 29.5 Å². The third-order valence-corrected chi connectivity index (χ3v) is 5.23. The van der Waals surface area contributed by atoms with E-state index in [0.29, 0.717) is 24.9 Å². The molecule has 0 radical (unpaired) electrons. The zero-order valence-corrected chi connectivity index (χ0v) is 15.4. The number of hydrogen-bond acceptors (Lipinski definition) is 2. The highest BCUT2D eigenvalue weighted by atomic mass is 16.5. The first kappa shape index (κ1) is 17.5. The van der Waals surface area contributed by atoms with Crippen molar-refractivity contribution in [3.63, 3.8) is 0 Å². The zero-order chi connectivity index (χ0) is 17.8. The summed E-state index contributed by atoms with van der Waals surface area (Å²) < 4.78 is 5.23.